The van der Waals surface area contributed by atoms with E-state index in [2.05, 4.69) is 22.6 Å². The Bertz CT molecular complexity index is 66.7. The van der Waals surface area contributed by atoms with Gasteiger partial charge in [0.25, 0.3) is 0 Å². The maximum absolute atomic E-state index is 8.55. The van der Waals surface area contributed by atoms with E-state index in [1.54, 1.807) is 13.8 Å². The number of aliphatic hydroxyl groups is 3. The molecule has 3 N–H and O–H groups in total. The third-order valence-electron chi connectivity index (χ3n) is 1.07. The van der Waals surface area contributed by atoms with Crippen LogP contribution in [-0.4, -0.2) is 38.6 Å². The Balaban J connectivity index is 0. The molecule has 0 aliphatic carbocycles. The Labute approximate surface area is 87.9 Å². The molecule has 76 valence electrons. The first-order valence-corrected chi connectivity index (χ1v) is 5.60. The monoisotopic (exact) mass is 290 g/mol. The molecule has 0 amide bonds. The van der Waals surface area contributed by atoms with Gasteiger partial charge in [-0.05, 0) is 26.7 Å². The van der Waals surface area contributed by atoms with E-state index in [1.165, 1.54) is 0 Å². The summed E-state index contributed by atoms with van der Waals surface area (Å²) < 4.78 is 1.05. The second-order valence-electron chi connectivity index (χ2n) is 2.69. The molecular weight excluding hydrogens is 271 g/mol. The molecule has 0 saturated heterocycles. The first-order valence-electron chi connectivity index (χ1n) is 4.07. The van der Waals surface area contributed by atoms with Gasteiger partial charge >= 0.3 is 0 Å². The van der Waals surface area contributed by atoms with Crippen LogP contribution in [0, 0.1) is 0 Å². The van der Waals surface area contributed by atoms with Crippen molar-refractivity contribution in [3.8, 4) is 0 Å². The molecule has 2 unspecified atom stereocenters. The van der Waals surface area contributed by atoms with Gasteiger partial charge in [0.05, 0.1) is 12.2 Å². The zero-order chi connectivity index (χ0) is 9.98. The molecular formula is C8H19IO3. The fraction of sp³-hybridized carbons (Fsp3) is 1.00. The fourth-order valence-electron chi connectivity index (χ4n) is 0.345. The Morgan fingerprint density at radius 1 is 1.08 bits per heavy atom. The lowest BCUT2D eigenvalue weighted by Gasteiger charge is -1.95. The zero-order valence-electron chi connectivity index (χ0n) is 7.70. The van der Waals surface area contributed by atoms with Crippen LogP contribution in [0.4, 0.5) is 0 Å². The van der Waals surface area contributed by atoms with Crippen LogP contribution in [0.5, 0.6) is 0 Å². The predicted octanol–water partition coefficient (Wildman–Crippen LogP) is 0.942. The minimum absolute atomic E-state index is 0.0810. The van der Waals surface area contributed by atoms with E-state index < -0.39 is 0 Å². The second-order valence-corrected chi connectivity index (χ2v) is 3.77. The highest BCUT2D eigenvalue weighted by atomic mass is 127. The van der Waals surface area contributed by atoms with Gasteiger partial charge in [-0.1, -0.05) is 22.6 Å². The van der Waals surface area contributed by atoms with Gasteiger partial charge < -0.3 is 15.3 Å². The molecule has 0 spiro atoms. The Morgan fingerprint density at radius 3 is 1.50 bits per heavy atom. The number of rotatable bonds is 4. The summed E-state index contributed by atoms with van der Waals surface area (Å²) in [6.45, 7) is 3.53. The molecule has 0 heterocycles. The maximum Gasteiger partial charge on any atom is 0.0533 e. The minimum atomic E-state index is -0.352. The lowest BCUT2D eigenvalue weighted by Crippen LogP contribution is -2.00. The largest absolute Gasteiger partial charge is 0.396 e. The molecule has 0 aliphatic rings. The summed E-state index contributed by atoms with van der Waals surface area (Å²) in [7, 11) is 0. The van der Waals surface area contributed by atoms with Gasteiger partial charge in [0.1, 0.15) is 0 Å². The average molecular weight is 290 g/mol. The number of hydrogen-bond donors (Lipinski definition) is 3. The molecule has 0 aromatic rings. The SMILES string of the molecule is CC(O)CCI.CC(O)CCO. The molecule has 12 heavy (non-hydrogen) atoms. The summed E-state index contributed by atoms with van der Waals surface area (Å²) in [6.07, 6.45) is 0.942. The van der Waals surface area contributed by atoms with E-state index in [9.17, 15) is 0 Å². The van der Waals surface area contributed by atoms with Crippen molar-refractivity contribution < 1.29 is 15.3 Å². The lowest BCUT2D eigenvalue weighted by molar-refractivity contribution is 0.148. The van der Waals surface area contributed by atoms with Crippen molar-refractivity contribution in [3.63, 3.8) is 0 Å². The first kappa shape index (κ1) is 15.1. The van der Waals surface area contributed by atoms with Crippen molar-refractivity contribution in [3.05, 3.63) is 0 Å². The lowest BCUT2D eigenvalue weighted by atomic mass is 10.3. The number of alkyl halides is 1. The zero-order valence-corrected chi connectivity index (χ0v) is 9.86. The van der Waals surface area contributed by atoms with Crippen molar-refractivity contribution in [2.24, 2.45) is 0 Å². The molecule has 0 rings (SSSR count). The highest BCUT2D eigenvalue weighted by Crippen LogP contribution is 1.92. The van der Waals surface area contributed by atoms with Crippen LogP contribution in [0.1, 0.15) is 26.7 Å². The quantitative estimate of drug-likeness (QED) is 0.533. The molecule has 0 radical (unpaired) electrons. The Hall–Kier alpha value is 0.610. The summed E-state index contributed by atoms with van der Waals surface area (Å²) >= 11 is 2.24. The van der Waals surface area contributed by atoms with Crippen LogP contribution in [0.25, 0.3) is 0 Å². The summed E-state index contributed by atoms with van der Waals surface area (Å²) in [5.41, 5.74) is 0. The maximum atomic E-state index is 8.55. The highest BCUT2D eigenvalue weighted by molar-refractivity contribution is 14.1. The summed E-state index contributed by atoms with van der Waals surface area (Å²) in [5, 5.41) is 25.0. The van der Waals surface area contributed by atoms with Crippen molar-refractivity contribution >= 4 is 22.6 Å². The summed E-state index contributed by atoms with van der Waals surface area (Å²) in [6, 6.07) is 0. The molecule has 0 aromatic heterocycles. The second kappa shape index (κ2) is 11.6. The third-order valence-corrected chi connectivity index (χ3v) is 1.70. The van der Waals surface area contributed by atoms with Crippen LogP contribution >= 0.6 is 22.6 Å². The smallest absolute Gasteiger partial charge is 0.0533 e. The number of halogens is 1. The van der Waals surface area contributed by atoms with E-state index in [0.29, 0.717) is 6.42 Å². The van der Waals surface area contributed by atoms with Gasteiger partial charge in [-0.25, -0.2) is 0 Å². The van der Waals surface area contributed by atoms with E-state index in [4.69, 9.17) is 15.3 Å². The van der Waals surface area contributed by atoms with Crippen LogP contribution in [0.15, 0.2) is 0 Å². The summed E-state index contributed by atoms with van der Waals surface area (Å²) in [4.78, 5) is 0. The predicted molar refractivity (Wildman–Crippen MR) is 58.6 cm³/mol. The van der Waals surface area contributed by atoms with Gasteiger partial charge in [0, 0.05) is 11.0 Å². The molecule has 0 saturated carbocycles. The summed E-state index contributed by atoms with van der Waals surface area (Å²) in [5.74, 6) is 0. The van der Waals surface area contributed by atoms with E-state index in [-0.39, 0.29) is 18.8 Å². The Kier molecular flexibility index (Phi) is 14.6. The van der Waals surface area contributed by atoms with Crippen LogP contribution in [0.3, 0.4) is 0 Å². The molecule has 2 atom stereocenters. The molecule has 0 aromatic carbocycles. The van der Waals surface area contributed by atoms with Crippen molar-refractivity contribution in [2.45, 2.75) is 38.9 Å². The average Bonchev–Trinajstić information content (AvgIpc) is 1.87. The van der Waals surface area contributed by atoms with Crippen LogP contribution < -0.4 is 0 Å². The highest BCUT2D eigenvalue weighted by Gasteiger charge is 1.88. The van der Waals surface area contributed by atoms with Gasteiger partial charge in [-0.3, -0.25) is 0 Å². The topological polar surface area (TPSA) is 60.7 Å². The molecule has 0 bridgehead atoms. The van der Waals surface area contributed by atoms with Gasteiger partial charge in [0.15, 0.2) is 0 Å². The Morgan fingerprint density at radius 2 is 1.50 bits per heavy atom. The third kappa shape index (κ3) is 22.4. The molecule has 0 fully saturated rings. The van der Waals surface area contributed by atoms with E-state index in [0.717, 1.165) is 10.8 Å². The van der Waals surface area contributed by atoms with Crippen molar-refractivity contribution in [1.29, 1.82) is 0 Å². The normalized spacial score (nSPS) is 14.5. The molecule has 0 aliphatic heterocycles. The van der Waals surface area contributed by atoms with Crippen LogP contribution in [0.2, 0.25) is 0 Å². The number of aliphatic hydroxyl groups excluding tert-OH is 3. The van der Waals surface area contributed by atoms with Crippen LogP contribution in [-0.2, 0) is 0 Å². The van der Waals surface area contributed by atoms with Crippen molar-refractivity contribution in [1.82, 2.24) is 0 Å². The fourth-order valence-corrected chi connectivity index (χ4v) is 1.25. The standard InChI is InChI=1S/C4H9IO.C4H10O2/c2*1-4(6)2-3-5/h4,6H,2-3H2,1H3;4-6H,2-3H2,1H3. The number of hydrogen-bond acceptors (Lipinski definition) is 3. The van der Waals surface area contributed by atoms with Gasteiger partial charge in [-0.2, -0.15) is 0 Å². The molecule has 4 heteroatoms. The van der Waals surface area contributed by atoms with E-state index in [1.807, 2.05) is 0 Å². The van der Waals surface area contributed by atoms with Gasteiger partial charge in [0.2, 0.25) is 0 Å². The molecule has 3 nitrogen and oxygen atoms in total. The first-order chi connectivity index (χ1) is 5.54. The van der Waals surface area contributed by atoms with Gasteiger partial charge in [-0.15, -0.1) is 0 Å². The van der Waals surface area contributed by atoms with Crippen molar-refractivity contribution in [2.75, 3.05) is 11.0 Å². The van der Waals surface area contributed by atoms with E-state index >= 15 is 0 Å². The minimum Gasteiger partial charge on any atom is -0.396 e.